The number of rotatable bonds is 4. The molecule has 5 heteroatoms. The van der Waals surface area contributed by atoms with E-state index in [1.807, 2.05) is 26.0 Å². The van der Waals surface area contributed by atoms with Gasteiger partial charge in [0, 0.05) is 21.6 Å². The van der Waals surface area contributed by atoms with E-state index in [-0.39, 0.29) is 18.2 Å². The summed E-state index contributed by atoms with van der Waals surface area (Å²) in [6.07, 6.45) is -0.283. The van der Waals surface area contributed by atoms with Gasteiger partial charge in [0.25, 0.3) is 5.91 Å². The molecule has 0 saturated heterocycles. The van der Waals surface area contributed by atoms with Gasteiger partial charge in [0.1, 0.15) is 0 Å². The van der Waals surface area contributed by atoms with Crippen LogP contribution in [0.5, 0.6) is 0 Å². The summed E-state index contributed by atoms with van der Waals surface area (Å²) in [5.41, 5.74) is -0.212. The van der Waals surface area contributed by atoms with E-state index < -0.39 is 11.5 Å². The highest BCUT2D eigenvalue weighted by atomic mass is 79.9. The standard InChI is InChI=1S/C19H18BrNO3/c1-12(2)21-16-10-6-4-8-14(16)19(24,18(21)23)11-17(22)13-7-3-5-9-15(13)20/h3-10,12,24H,11H2,1-2H3/t19-/m0/s1. The largest absolute Gasteiger partial charge is 0.375 e. The Kier molecular flexibility index (Phi) is 4.32. The SMILES string of the molecule is CC(C)N1C(=O)[C@](O)(CC(=O)c2ccccc2Br)c2ccccc21. The molecule has 0 saturated carbocycles. The van der Waals surface area contributed by atoms with Crippen LogP contribution in [0.4, 0.5) is 5.69 Å². The Morgan fingerprint density at radius 3 is 2.46 bits per heavy atom. The van der Waals surface area contributed by atoms with Gasteiger partial charge in [-0.3, -0.25) is 9.59 Å². The second kappa shape index (κ2) is 6.15. The van der Waals surface area contributed by atoms with Gasteiger partial charge in [-0.05, 0) is 26.0 Å². The van der Waals surface area contributed by atoms with Gasteiger partial charge in [-0.1, -0.05) is 52.3 Å². The molecule has 1 aliphatic heterocycles. The summed E-state index contributed by atoms with van der Waals surface area (Å²) in [5.74, 6) is -0.724. The van der Waals surface area contributed by atoms with Crippen molar-refractivity contribution in [2.75, 3.05) is 4.90 Å². The van der Waals surface area contributed by atoms with Crippen LogP contribution in [0.3, 0.4) is 0 Å². The molecule has 1 N–H and O–H groups in total. The van der Waals surface area contributed by atoms with Gasteiger partial charge < -0.3 is 10.0 Å². The molecule has 1 atom stereocenters. The van der Waals surface area contributed by atoms with Gasteiger partial charge in [0.15, 0.2) is 11.4 Å². The third kappa shape index (κ3) is 2.58. The molecule has 4 nitrogen and oxygen atoms in total. The number of para-hydroxylation sites is 1. The fourth-order valence-electron chi connectivity index (χ4n) is 3.16. The van der Waals surface area contributed by atoms with E-state index in [0.717, 1.165) is 0 Å². The normalized spacial score (nSPS) is 19.7. The van der Waals surface area contributed by atoms with Crippen molar-refractivity contribution < 1.29 is 14.7 Å². The number of hydrogen-bond acceptors (Lipinski definition) is 3. The first kappa shape index (κ1) is 16.9. The van der Waals surface area contributed by atoms with E-state index >= 15 is 0 Å². The summed E-state index contributed by atoms with van der Waals surface area (Å²) >= 11 is 3.35. The number of amides is 1. The molecule has 0 bridgehead atoms. The van der Waals surface area contributed by atoms with E-state index in [1.54, 1.807) is 41.3 Å². The first-order chi connectivity index (χ1) is 11.4. The van der Waals surface area contributed by atoms with E-state index in [1.165, 1.54) is 0 Å². The van der Waals surface area contributed by atoms with Gasteiger partial charge in [-0.15, -0.1) is 0 Å². The summed E-state index contributed by atoms with van der Waals surface area (Å²) in [5, 5.41) is 11.1. The highest BCUT2D eigenvalue weighted by Gasteiger charge is 2.51. The first-order valence-corrected chi connectivity index (χ1v) is 8.59. The van der Waals surface area contributed by atoms with Crippen molar-refractivity contribution in [3.8, 4) is 0 Å². The van der Waals surface area contributed by atoms with Crippen molar-refractivity contribution in [1.29, 1.82) is 0 Å². The zero-order chi connectivity index (χ0) is 17.5. The maximum atomic E-state index is 12.9. The highest BCUT2D eigenvalue weighted by molar-refractivity contribution is 9.10. The lowest BCUT2D eigenvalue weighted by Crippen LogP contribution is -2.44. The summed E-state index contributed by atoms with van der Waals surface area (Å²) < 4.78 is 0.651. The van der Waals surface area contributed by atoms with Gasteiger partial charge in [-0.2, -0.15) is 0 Å². The molecule has 2 aromatic rings. The van der Waals surface area contributed by atoms with Crippen LogP contribution in [0.25, 0.3) is 0 Å². The van der Waals surface area contributed by atoms with Crippen molar-refractivity contribution in [2.45, 2.75) is 31.9 Å². The molecule has 1 amide bonds. The molecule has 0 radical (unpaired) electrons. The Hall–Kier alpha value is -1.98. The second-order valence-corrected chi connectivity index (χ2v) is 7.08. The monoisotopic (exact) mass is 387 g/mol. The molecular formula is C19H18BrNO3. The summed E-state index contributed by atoms with van der Waals surface area (Å²) in [6.45, 7) is 3.77. The number of anilines is 1. The van der Waals surface area contributed by atoms with Crippen molar-refractivity contribution >= 4 is 33.3 Å². The van der Waals surface area contributed by atoms with Crippen LogP contribution < -0.4 is 4.90 Å². The van der Waals surface area contributed by atoms with E-state index in [0.29, 0.717) is 21.3 Å². The third-order valence-corrected chi connectivity index (χ3v) is 4.98. The van der Waals surface area contributed by atoms with Crippen LogP contribution in [0.15, 0.2) is 53.0 Å². The zero-order valence-corrected chi connectivity index (χ0v) is 15.1. The van der Waals surface area contributed by atoms with Crippen molar-refractivity contribution in [1.82, 2.24) is 0 Å². The van der Waals surface area contributed by atoms with Crippen molar-refractivity contribution in [3.05, 3.63) is 64.1 Å². The minimum Gasteiger partial charge on any atom is -0.375 e. The zero-order valence-electron chi connectivity index (χ0n) is 13.5. The third-order valence-electron chi connectivity index (χ3n) is 4.29. The molecule has 1 aliphatic rings. The summed E-state index contributed by atoms with van der Waals surface area (Å²) in [6, 6.07) is 14.0. The molecule has 0 aliphatic carbocycles. The number of ketones is 1. The van der Waals surface area contributed by atoms with E-state index in [2.05, 4.69) is 15.9 Å². The van der Waals surface area contributed by atoms with Crippen LogP contribution in [0.1, 0.15) is 36.2 Å². The molecular weight excluding hydrogens is 370 g/mol. The number of halogens is 1. The molecule has 124 valence electrons. The average Bonchev–Trinajstić information content (AvgIpc) is 2.76. The van der Waals surface area contributed by atoms with Crippen molar-refractivity contribution in [2.24, 2.45) is 0 Å². The van der Waals surface area contributed by atoms with E-state index in [4.69, 9.17) is 0 Å². The Morgan fingerprint density at radius 2 is 1.79 bits per heavy atom. The molecule has 3 rings (SSSR count). The topological polar surface area (TPSA) is 57.6 Å². The molecule has 0 spiro atoms. The molecule has 0 unspecified atom stereocenters. The number of fused-ring (bicyclic) bond motifs is 1. The summed E-state index contributed by atoms with van der Waals surface area (Å²) in [7, 11) is 0. The average molecular weight is 388 g/mol. The number of aliphatic hydroxyl groups is 1. The predicted octanol–water partition coefficient (Wildman–Crippen LogP) is 3.66. The van der Waals surface area contributed by atoms with Crippen LogP contribution in [-0.4, -0.2) is 22.8 Å². The molecule has 2 aromatic carbocycles. The minimum absolute atomic E-state index is 0.105. The Bertz CT molecular complexity index is 818. The molecule has 0 aromatic heterocycles. The van der Waals surface area contributed by atoms with Gasteiger partial charge in [0.05, 0.1) is 12.1 Å². The minimum atomic E-state index is -1.83. The number of nitrogens with zero attached hydrogens (tertiary/aromatic N) is 1. The maximum absolute atomic E-state index is 12.9. The highest BCUT2D eigenvalue weighted by Crippen LogP contribution is 2.43. The summed E-state index contributed by atoms with van der Waals surface area (Å²) in [4.78, 5) is 27.1. The Balaban J connectivity index is 2.02. The molecule has 1 heterocycles. The molecule has 24 heavy (non-hydrogen) atoms. The lowest BCUT2D eigenvalue weighted by molar-refractivity contribution is -0.136. The van der Waals surface area contributed by atoms with Crippen molar-refractivity contribution in [3.63, 3.8) is 0 Å². The number of carbonyl (C=O) groups excluding carboxylic acids is 2. The van der Waals surface area contributed by atoms with Gasteiger partial charge in [0.2, 0.25) is 0 Å². The quantitative estimate of drug-likeness (QED) is 0.814. The second-order valence-electron chi connectivity index (χ2n) is 6.23. The first-order valence-electron chi connectivity index (χ1n) is 7.79. The number of hydrogen-bond donors (Lipinski definition) is 1. The maximum Gasteiger partial charge on any atom is 0.264 e. The predicted molar refractivity (Wildman–Crippen MR) is 96.1 cm³/mol. The van der Waals surface area contributed by atoms with Crippen LogP contribution in [-0.2, 0) is 10.4 Å². The van der Waals surface area contributed by atoms with Crippen LogP contribution in [0, 0.1) is 0 Å². The van der Waals surface area contributed by atoms with Crippen LogP contribution in [0.2, 0.25) is 0 Å². The number of Topliss-reactive ketones (excluding diaryl/α,β-unsaturated/α-hetero) is 1. The number of benzene rings is 2. The number of carbonyl (C=O) groups is 2. The molecule has 0 fully saturated rings. The van der Waals surface area contributed by atoms with Gasteiger partial charge in [-0.25, -0.2) is 0 Å². The van der Waals surface area contributed by atoms with E-state index in [9.17, 15) is 14.7 Å². The Morgan fingerprint density at radius 1 is 1.17 bits per heavy atom. The lowest BCUT2D eigenvalue weighted by Gasteiger charge is -2.25. The smallest absolute Gasteiger partial charge is 0.264 e. The fourth-order valence-corrected chi connectivity index (χ4v) is 3.66. The Labute approximate surface area is 149 Å². The van der Waals surface area contributed by atoms with Crippen LogP contribution >= 0.6 is 15.9 Å². The lowest BCUT2D eigenvalue weighted by atomic mass is 9.88. The fraction of sp³-hybridized carbons (Fsp3) is 0.263. The van der Waals surface area contributed by atoms with Gasteiger partial charge >= 0.3 is 0 Å².